The van der Waals surface area contributed by atoms with Gasteiger partial charge in [-0.3, -0.25) is 18.9 Å². The van der Waals surface area contributed by atoms with E-state index in [4.69, 9.17) is 4.74 Å². The smallest absolute Gasteiger partial charge is 0.408 e. The van der Waals surface area contributed by atoms with Crippen LogP contribution in [0.4, 0.5) is 4.79 Å². The number of alkyl carbamates (subject to hydrolysis) is 1. The van der Waals surface area contributed by atoms with Crippen LogP contribution in [0, 0.1) is 0 Å². The molecule has 0 unspecified atom stereocenters. The van der Waals surface area contributed by atoms with Crippen LogP contribution in [0.25, 0.3) is 10.8 Å². The van der Waals surface area contributed by atoms with E-state index < -0.39 is 22.5 Å². The summed E-state index contributed by atoms with van der Waals surface area (Å²) in [4.78, 5) is 30.5. The molecule has 3 rings (SSSR count). The molecule has 0 bridgehead atoms. The lowest BCUT2D eigenvalue weighted by atomic mass is 10.2. The van der Waals surface area contributed by atoms with Crippen molar-refractivity contribution in [2.45, 2.75) is 37.7 Å². The summed E-state index contributed by atoms with van der Waals surface area (Å²) in [5, 5.41) is 4.06. The number of carbonyl (C=O) groups is 2. The van der Waals surface area contributed by atoms with E-state index in [0.29, 0.717) is 37.5 Å². The molecular weight excluding hydrogens is 420 g/mol. The van der Waals surface area contributed by atoms with E-state index in [1.165, 1.54) is 0 Å². The first-order chi connectivity index (χ1) is 14.6. The quantitative estimate of drug-likeness (QED) is 0.654. The van der Waals surface area contributed by atoms with E-state index in [1.54, 1.807) is 60.6 Å². The van der Waals surface area contributed by atoms with Gasteiger partial charge < -0.3 is 15.0 Å². The zero-order valence-corrected chi connectivity index (χ0v) is 18.9. The summed E-state index contributed by atoms with van der Waals surface area (Å²) in [5.41, 5.74) is -0.637. The topological polar surface area (TPSA) is 115 Å². The Bertz CT molecular complexity index is 942. The molecule has 2 amide bonds. The van der Waals surface area contributed by atoms with Crippen LogP contribution in [0.2, 0.25) is 0 Å². The van der Waals surface area contributed by atoms with Gasteiger partial charge in [-0.05, 0) is 39.3 Å². The van der Waals surface area contributed by atoms with Crippen molar-refractivity contribution >= 4 is 33.5 Å². The van der Waals surface area contributed by atoms with Crippen LogP contribution >= 0.6 is 10.8 Å². The van der Waals surface area contributed by atoms with Gasteiger partial charge in [-0.1, -0.05) is 12.1 Å². The van der Waals surface area contributed by atoms with Crippen molar-refractivity contribution in [1.82, 2.24) is 19.5 Å². The Balaban J connectivity index is 1.64. The van der Waals surface area contributed by atoms with Gasteiger partial charge in [0.2, 0.25) is 5.91 Å². The van der Waals surface area contributed by atoms with Crippen molar-refractivity contribution in [2.24, 2.45) is 0 Å². The molecule has 2 aromatic rings. The number of rotatable bonds is 4. The standard InChI is InChI=1S/C21H30N4O5S/c1-21(2,3)30-20(27)23-15-19(26)24-10-5-11-25(13-12-24)31(28,29)18-7-4-6-16-14-22-9-8-17(16)18/h4,6-9,14,28-29H,5,10-13,15H2,1-3H3,(H,23,27). The van der Waals surface area contributed by atoms with Crippen molar-refractivity contribution in [3.8, 4) is 0 Å². The molecule has 1 fully saturated rings. The van der Waals surface area contributed by atoms with Gasteiger partial charge in [0.1, 0.15) is 12.1 Å². The van der Waals surface area contributed by atoms with Gasteiger partial charge in [-0.25, -0.2) is 9.10 Å². The highest BCUT2D eigenvalue weighted by molar-refractivity contribution is 8.22. The van der Waals surface area contributed by atoms with Crippen molar-refractivity contribution in [1.29, 1.82) is 0 Å². The number of nitrogens with zero attached hydrogens (tertiary/aromatic N) is 3. The van der Waals surface area contributed by atoms with E-state index >= 15 is 0 Å². The van der Waals surface area contributed by atoms with E-state index in [9.17, 15) is 18.7 Å². The Kier molecular flexibility index (Phi) is 7.05. The van der Waals surface area contributed by atoms with Gasteiger partial charge >= 0.3 is 6.09 Å². The normalized spacial score (nSPS) is 16.6. The summed E-state index contributed by atoms with van der Waals surface area (Å²) in [6.07, 6.45) is 3.26. The summed E-state index contributed by atoms with van der Waals surface area (Å²) in [6.45, 7) is 6.64. The second kappa shape index (κ2) is 9.39. The third-order valence-corrected chi connectivity index (χ3v) is 6.92. The Morgan fingerprint density at radius 3 is 2.68 bits per heavy atom. The molecule has 9 nitrogen and oxygen atoms in total. The molecule has 3 N–H and O–H groups in total. The molecule has 0 radical (unpaired) electrons. The lowest BCUT2D eigenvalue weighted by Crippen LogP contribution is -2.43. The highest BCUT2D eigenvalue weighted by Crippen LogP contribution is 2.54. The first-order valence-electron chi connectivity index (χ1n) is 10.2. The van der Waals surface area contributed by atoms with Crippen LogP contribution in [-0.2, 0) is 9.53 Å². The fourth-order valence-corrected chi connectivity index (χ4v) is 5.18. The van der Waals surface area contributed by atoms with Crippen molar-refractivity contribution < 1.29 is 23.4 Å². The highest BCUT2D eigenvalue weighted by Gasteiger charge is 2.30. The van der Waals surface area contributed by atoms with E-state index in [1.807, 2.05) is 6.07 Å². The third-order valence-electron chi connectivity index (χ3n) is 4.89. The lowest BCUT2D eigenvalue weighted by Gasteiger charge is -2.43. The lowest BCUT2D eigenvalue weighted by molar-refractivity contribution is -0.130. The number of pyridine rings is 1. The molecule has 0 saturated carbocycles. The molecule has 1 aromatic heterocycles. The minimum absolute atomic E-state index is 0.165. The summed E-state index contributed by atoms with van der Waals surface area (Å²) in [7, 11) is -3.23. The predicted molar refractivity (Wildman–Crippen MR) is 120 cm³/mol. The Morgan fingerprint density at radius 2 is 1.94 bits per heavy atom. The van der Waals surface area contributed by atoms with Gasteiger partial charge in [0, 0.05) is 49.3 Å². The summed E-state index contributed by atoms with van der Waals surface area (Å²) < 4.78 is 29.0. The maximum atomic E-state index is 12.5. The number of hydrogen-bond donors (Lipinski definition) is 3. The number of fused-ring (bicyclic) bond motifs is 1. The van der Waals surface area contributed by atoms with Crippen molar-refractivity contribution in [3.63, 3.8) is 0 Å². The first-order valence-corrected chi connectivity index (χ1v) is 11.7. The molecule has 2 heterocycles. The van der Waals surface area contributed by atoms with E-state index in [0.717, 1.165) is 10.8 Å². The predicted octanol–water partition coefficient (Wildman–Crippen LogP) is 3.32. The average molecular weight is 451 g/mol. The Hall–Kier alpha value is -2.40. The van der Waals surface area contributed by atoms with Gasteiger partial charge in [-0.2, -0.15) is 0 Å². The van der Waals surface area contributed by atoms with Crippen molar-refractivity contribution in [2.75, 3.05) is 32.7 Å². The Labute approximate surface area is 183 Å². The van der Waals surface area contributed by atoms with Crippen molar-refractivity contribution in [3.05, 3.63) is 36.7 Å². The number of hydrogen-bond acceptors (Lipinski definition) is 7. The zero-order valence-electron chi connectivity index (χ0n) is 18.1. The molecule has 1 aromatic carbocycles. The number of aromatic nitrogens is 1. The first kappa shape index (κ1) is 23.3. The summed E-state index contributed by atoms with van der Waals surface area (Å²) in [5.74, 6) is -0.236. The van der Waals surface area contributed by atoms with Gasteiger partial charge in [0.25, 0.3) is 0 Å². The number of ether oxygens (including phenoxy) is 1. The fourth-order valence-electron chi connectivity index (χ4n) is 3.44. The molecule has 31 heavy (non-hydrogen) atoms. The molecule has 0 atom stereocenters. The fraction of sp³-hybridized carbons (Fsp3) is 0.476. The second-order valence-corrected chi connectivity index (χ2v) is 10.4. The molecular formula is C21H30N4O5S. The molecule has 170 valence electrons. The molecule has 1 aliphatic heterocycles. The SMILES string of the molecule is CC(C)(C)OC(=O)NCC(=O)N1CCCN(S(O)(O)c2cccc3cnccc23)CC1. The third kappa shape index (κ3) is 5.85. The van der Waals surface area contributed by atoms with Gasteiger partial charge in [0.15, 0.2) is 0 Å². The Morgan fingerprint density at radius 1 is 1.16 bits per heavy atom. The summed E-state index contributed by atoms with van der Waals surface area (Å²) in [6, 6.07) is 7.15. The second-order valence-electron chi connectivity index (χ2n) is 8.39. The minimum Gasteiger partial charge on any atom is -0.444 e. The number of nitrogens with one attached hydrogen (secondary N) is 1. The maximum absolute atomic E-state index is 12.5. The van der Waals surface area contributed by atoms with Gasteiger partial charge in [-0.15, -0.1) is 10.8 Å². The van der Waals surface area contributed by atoms with E-state index in [2.05, 4.69) is 10.3 Å². The van der Waals surface area contributed by atoms with Crippen LogP contribution in [-0.4, -0.2) is 73.6 Å². The summed E-state index contributed by atoms with van der Waals surface area (Å²) >= 11 is 0. The average Bonchev–Trinajstić information content (AvgIpc) is 2.97. The van der Waals surface area contributed by atoms with Crippen LogP contribution < -0.4 is 5.32 Å². The zero-order chi connectivity index (χ0) is 22.6. The largest absolute Gasteiger partial charge is 0.444 e. The molecule has 1 saturated heterocycles. The molecule has 0 aliphatic carbocycles. The minimum atomic E-state index is -3.23. The molecule has 1 aliphatic rings. The molecule has 10 heteroatoms. The number of carbonyl (C=O) groups excluding carboxylic acids is 2. The number of benzene rings is 1. The van der Waals surface area contributed by atoms with Crippen LogP contribution in [0.15, 0.2) is 41.6 Å². The van der Waals surface area contributed by atoms with E-state index in [-0.39, 0.29) is 12.5 Å². The van der Waals surface area contributed by atoms with Crippen LogP contribution in [0.5, 0.6) is 0 Å². The number of amides is 2. The monoisotopic (exact) mass is 450 g/mol. The van der Waals surface area contributed by atoms with Crippen LogP contribution in [0.1, 0.15) is 27.2 Å². The highest BCUT2D eigenvalue weighted by atomic mass is 32.3. The van der Waals surface area contributed by atoms with Gasteiger partial charge in [0.05, 0.1) is 4.90 Å². The maximum Gasteiger partial charge on any atom is 0.408 e. The molecule has 0 spiro atoms. The van der Waals surface area contributed by atoms with Crippen LogP contribution in [0.3, 0.4) is 0 Å².